The molecule has 0 aromatic heterocycles. The lowest BCUT2D eigenvalue weighted by atomic mass is 9.64. The first-order chi connectivity index (χ1) is 8.69. The van der Waals surface area contributed by atoms with Crippen LogP contribution in [0.15, 0.2) is 21.6 Å². The van der Waals surface area contributed by atoms with Crippen LogP contribution in [0.25, 0.3) is 0 Å². The maximum absolute atomic E-state index is 4.65. The Kier molecular flexibility index (Phi) is 2.28. The van der Waals surface area contributed by atoms with Crippen molar-refractivity contribution >= 4 is 27.8 Å². The molecule has 1 aromatic rings. The minimum atomic E-state index is 0.139. The highest BCUT2D eigenvalue weighted by molar-refractivity contribution is 9.10. The first-order valence-corrected chi connectivity index (χ1v) is 7.60. The summed E-state index contributed by atoms with van der Waals surface area (Å²) in [5.41, 5.74) is 4.34. The first-order valence-electron chi connectivity index (χ1n) is 6.80. The highest BCUT2D eigenvalue weighted by Gasteiger charge is 2.46. The summed E-state index contributed by atoms with van der Waals surface area (Å²) < 4.78 is 1.27. The van der Waals surface area contributed by atoms with Crippen molar-refractivity contribution in [3.05, 3.63) is 27.7 Å². The van der Waals surface area contributed by atoms with Gasteiger partial charge in [0, 0.05) is 28.1 Å². The van der Waals surface area contributed by atoms with Gasteiger partial charge in [0.05, 0.1) is 5.69 Å². The van der Waals surface area contributed by atoms with E-state index in [1.807, 2.05) is 0 Å². The summed E-state index contributed by atoms with van der Waals surface area (Å²) in [5.74, 6) is 0.665. The monoisotopic (exact) mass is 304 g/mol. The average molecular weight is 305 g/mol. The molecule has 0 bridgehead atoms. The molecule has 3 atom stereocenters. The van der Waals surface area contributed by atoms with Gasteiger partial charge in [0.15, 0.2) is 0 Å². The second-order valence-corrected chi connectivity index (χ2v) is 6.90. The second kappa shape index (κ2) is 3.67. The smallest absolute Gasteiger partial charge is 0.0671 e. The molecule has 1 aromatic carbocycles. The van der Waals surface area contributed by atoms with Crippen LogP contribution in [0.1, 0.15) is 43.2 Å². The Balaban J connectivity index is 1.97. The van der Waals surface area contributed by atoms with Gasteiger partial charge in [-0.25, -0.2) is 0 Å². The van der Waals surface area contributed by atoms with E-state index in [-0.39, 0.29) is 5.41 Å². The normalized spacial score (nSPS) is 36.3. The van der Waals surface area contributed by atoms with Gasteiger partial charge in [0.2, 0.25) is 0 Å². The molecule has 2 aliphatic heterocycles. The van der Waals surface area contributed by atoms with Gasteiger partial charge in [0.1, 0.15) is 0 Å². The zero-order valence-corrected chi connectivity index (χ0v) is 12.1. The van der Waals surface area contributed by atoms with Crippen LogP contribution >= 0.6 is 15.9 Å². The summed E-state index contributed by atoms with van der Waals surface area (Å²) in [4.78, 5) is 4.65. The number of nitrogens with one attached hydrogen (secondary N) is 1. The Morgan fingerprint density at radius 3 is 3.22 bits per heavy atom. The molecule has 2 heterocycles. The van der Waals surface area contributed by atoms with Crippen molar-refractivity contribution in [1.29, 1.82) is 0 Å². The Labute approximate surface area is 116 Å². The van der Waals surface area contributed by atoms with Crippen molar-refractivity contribution in [3.8, 4) is 0 Å². The van der Waals surface area contributed by atoms with Gasteiger partial charge >= 0.3 is 0 Å². The van der Waals surface area contributed by atoms with Gasteiger partial charge in [-0.15, -0.1) is 0 Å². The number of benzene rings is 1. The van der Waals surface area contributed by atoms with Crippen molar-refractivity contribution < 1.29 is 0 Å². The fraction of sp³-hybridized carbons (Fsp3) is 0.533. The SMILES string of the molecule is CC12C=Nc3ccc(Br)c(c31)[C@H]1CCCN[C@@H]1C2. The lowest BCUT2D eigenvalue weighted by Crippen LogP contribution is -2.48. The van der Waals surface area contributed by atoms with Crippen molar-refractivity contribution in [2.75, 3.05) is 6.54 Å². The van der Waals surface area contributed by atoms with Crippen molar-refractivity contribution in [2.45, 2.75) is 43.6 Å². The van der Waals surface area contributed by atoms with Gasteiger partial charge in [0.25, 0.3) is 0 Å². The topological polar surface area (TPSA) is 24.4 Å². The minimum absolute atomic E-state index is 0.139. The summed E-state index contributed by atoms with van der Waals surface area (Å²) in [7, 11) is 0. The zero-order chi connectivity index (χ0) is 12.3. The Hall–Kier alpha value is -0.670. The molecule has 0 saturated carbocycles. The number of aliphatic imine (C=N–C) groups is 1. The van der Waals surface area contributed by atoms with Crippen LogP contribution in [0.3, 0.4) is 0 Å². The third-order valence-electron chi connectivity index (χ3n) is 4.83. The van der Waals surface area contributed by atoms with Gasteiger partial charge in [-0.1, -0.05) is 22.9 Å². The lowest BCUT2D eigenvalue weighted by molar-refractivity contribution is 0.286. The molecular weight excluding hydrogens is 288 g/mol. The van der Waals surface area contributed by atoms with E-state index in [0.717, 1.165) is 0 Å². The molecule has 1 saturated heterocycles. The highest BCUT2D eigenvalue weighted by Crippen LogP contribution is 2.53. The summed E-state index contributed by atoms with van der Waals surface area (Å²) in [6.07, 6.45) is 5.95. The molecule has 1 unspecified atom stereocenters. The molecule has 1 N–H and O–H groups in total. The van der Waals surface area contributed by atoms with E-state index in [1.54, 1.807) is 0 Å². The number of rotatable bonds is 0. The number of fused-ring (bicyclic) bond motifs is 2. The highest BCUT2D eigenvalue weighted by atomic mass is 79.9. The predicted molar refractivity (Wildman–Crippen MR) is 78.0 cm³/mol. The number of halogens is 1. The fourth-order valence-corrected chi connectivity index (χ4v) is 4.68. The fourth-order valence-electron chi connectivity index (χ4n) is 4.05. The number of hydrogen-bond acceptors (Lipinski definition) is 2. The van der Waals surface area contributed by atoms with E-state index >= 15 is 0 Å². The van der Waals surface area contributed by atoms with Crippen molar-refractivity contribution in [1.82, 2.24) is 5.32 Å². The minimum Gasteiger partial charge on any atom is -0.313 e. The van der Waals surface area contributed by atoms with Crippen LogP contribution < -0.4 is 5.32 Å². The van der Waals surface area contributed by atoms with Crippen molar-refractivity contribution in [3.63, 3.8) is 0 Å². The standard InChI is InChI=1S/C15H17BrN2/c1-15-7-12-9(3-2-6-17-12)13-10(16)4-5-11(14(13)15)18-8-15/h4-5,8-9,12,17H,2-3,6-7H2,1H3/t9-,12+,15?/m0/s1. The molecule has 0 amide bonds. The van der Waals surface area contributed by atoms with Crippen LogP contribution in [0.5, 0.6) is 0 Å². The Morgan fingerprint density at radius 2 is 2.33 bits per heavy atom. The number of hydrogen-bond donors (Lipinski definition) is 1. The molecule has 0 radical (unpaired) electrons. The van der Waals surface area contributed by atoms with E-state index in [9.17, 15) is 0 Å². The van der Waals surface area contributed by atoms with E-state index < -0.39 is 0 Å². The Morgan fingerprint density at radius 1 is 1.44 bits per heavy atom. The lowest BCUT2D eigenvalue weighted by Gasteiger charge is -2.44. The van der Waals surface area contributed by atoms with Crippen LogP contribution in [0.2, 0.25) is 0 Å². The quantitative estimate of drug-likeness (QED) is 0.777. The molecular formula is C15H17BrN2. The van der Waals surface area contributed by atoms with E-state index in [1.165, 1.54) is 47.1 Å². The van der Waals surface area contributed by atoms with Crippen LogP contribution in [-0.2, 0) is 5.41 Å². The molecule has 1 fully saturated rings. The second-order valence-electron chi connectivity index (χ2n) is 6.04. The summed E-state index contributed by atoms with van der Waals surface area (Å²) >= 11 is 3.77. The van der Waals surface area contributed by atoms with Gasteiger partial charge in [-0.3, -0.25) is 4.99 Å². The number of piperidine rings is 1. The molecule has 0 spiro atoms. The van der Waals surface area contributed by atoms with E-state index in [0.29, 0.717) is 12.0 Å². The van der Waals surface area contributed by atoms with Crippen molar-refractivity contribution in [2.24, 2.45) is 4.99 Å². The largest absolute Gasteiger partial charge is 0.313 e. The van der Waals surface area contributed by atoms with Gasteiger partial charge in [-0.05, 0) is 49.1 Å². The molecule has 3 heteroatoms. The average Bonchev–Trinajstić information content (AvgIpc) is 2.70. The molecule has 3 aliphatic rings. The van der Waals surface area contributed by atoms with Crippen LogP contribution in [0.4, 0.5) is 5.69 Å². The molecule has 94 valence electrons. The molecule has 4 rings (SSSR count). The third-order valence-corrected chi connectivity index (χ3v) is 5.52. The van der Waals surface area contributed by atoms with Crippen LogP contribution in [0, 0.1) is 0 Å². The van der Waals surface area contributed by atoms with Gasteiger partial charge < -0.3 is 5.32 Å². The van der Waals surface area contributed by atoms with Gasteiger partial charge in [-0.2, -0.15) is 0 Å². The first kappa shape index (κ1) is 11.2. The third kappa shape index (κ3) is 1.35. The van der Waals surface area contributed by atoms with Crippen LogP contribution in [-0.4, -0.2) is 18.8 Å². The maximum atomic E-state index is 4.65. The predicted octanol–water partition coefficient (Wildman–Crippen LogP) is 3.66. The summed E-state index contributed by atoms with van der Waals surface area (Å²) in [5, 5.41) is 3.72. The van der Waals surface area contributed by atoms with E-state index in [2.05, 4.69) is 51.5 Å². The Bertz CT molecular complexity index is 552. The summed E-state index contributed by atoms with van der Waals surface area (Å²) in [6, 6.07) is 4.95. The maximum Gasteiger partial charge on any atom is 0.0671 e. The number of nitrogens with zero attached hydrogens (tertiary/aromatic N) is 1. The molecule has 2 nitrogen and oxygen atoms in total. The zero-order valence-electron chi connectivity index (χ0n) is 10.5. The molecule has 18 heavy (non-hydrogen) atoms. The summed E-state index contributed by atoms with van der Waals surface area (Å²) in [6.45, 7) is 3.51. The van der Waals surface area contributed by atoms with E-state index in [4.69, 9.17) is 0 Å². The molecule has 1 aliphatic carbocycles.